The Hall–Kier alpha value is -1.13. The minimum atomic E-state index is 0.214. The van der Waals surface area contributed by atoms with Gasteiger partial charge < -0.3 is 4.74 Å². The Kier molecular flexibility index (Phi) is 4.45. The number of carbonyl (C=O) groups is 1. The maximum absolute atomic E-state index is 12.5. The molecule has 0 amide bonds. The summed E-state index contributed by atoms with van der Waals surface area (Å²) in [4.78, 5) is 14.8. The monoisotopic (exact) mass is 364 g/mol. The molecule has 110 valence electrons. The largest absolute Gasteiger partial charge is 0.496 e. The second-order valence-electron chi connectivity index (χ2n) is 5.34. The first kappa shape index (κ1) is 14.8. The number of thiophene rings is 1. The van der Waals surface area contributed by atoms with Crippen LogP contribution in [0.1, 0.15) is 38.5 Å². The first-order valence-electron chi connectivity index (χ1n) is 7.14. The normalized spacial score (nSPS) is 13.8. The van der Waals surface area contributed by atoms with Gasteiger partial charge in [0.15, 0.2) is 5.78 Å². The van der Waals surface area contributed by atoms with Gasteiger partial charge in [0.25, 0.3) is 0 Å². The predicted molar refractivity (Wildman–Crippen MR) is 89.7 cm³/mol. The van der Waals surface area contributed by atoms with E-state index in [-0.39, 0.29) is 5.78 Å². The first-order chi connectivity index (χ1) is 10.2. The third-order valence-corrected chi connectivity index (χ3v) is 5.75. The topological polar surface area (TPSA) is 26.3 Å². The number of fused-ring (bicyclic) bond motifs is 1. The second-order valence-corrected chi connectivity index (χ2v) is 7.33. The lowest BCUT2D eigenvalue weighted by Gasteiger charge is -2.08. The van der Waals surface area contributed by atoms with E-state index in [1.165, 1.54) is 23.3 Å². The molecule has 1 aliphatic carbocycles. The van der Waals surface area contributed by atoms with Gasteiger partial charge >= 0.3 is 0 Å². The highest BCUT2D eigenvalue weighted by atomic mass is 79.9. The van der Waals surface area contributed by atoms with Crippen LogP contribution in [-0.2, 0) is 19.3 Å². The van der Waals surface area contributed by atoms with E-state index in [1.807, 2.05) is 18.2 Å². The lowest BCUT2D eigenvalue weighted by molar-refractivity contribution is 0.0996. The van der Waals surface area contributed by atoms with Crippen LogP contribution in [0, 0.1) is 0 Å². The smallest absolute Gasteiger partial charge is 0.177 e. The molecule has 0 unspecified atom stereocenters. The van der Waals surface area contributed by atoms with Crippen LogP contribution in [0.5, 0.6) is 5.75 Å². The van der Waals surface area contributed by atoms with Crippen molar-refractivity contribution in [3.05, 3.63) is 49.6 Å². The summed E-state index contributed by atoms with van der Waals surface area (Å²) < 4.78 is 6.10. The maximum atomic E-state index is 12.5. The van der Waals surface area contributed by atoms with E-state index in [9.17, 15) is 4.79 Å². The summed E-state index contributed by atoms with van der Waals surface area (Å²) in [7, 11) is 1.64. The Balaban J connectivity index is 1.77. The molecule has 1 aromatic carbocycles. The number of ketones is 1. The lowest BCUT2D eigenvalue weighted by Crippen LogP contribution is -2.01. The van der Waals surface area contributed by atoms with E-state index < -0.39 is 0 Å². The molecule has 2 nitrogen and oxygen atoms in total. The van der Waals surface area contributed by atoms with Crippen LogP contribution in [0.4, 0.5) is 0 Å². The molecule has 2 aromatic rings. The van der Waals surface area contributed by atoms with Crippen molar-refractivity contribution in [3.63, 3.8) is 0 Å². The van der Waals surface area contributed by atoms with Gasteiger partial charge in [0, 0.05) is 11.3 Å². The van der Waals surface area contributed by atoms with E-state index in [4.69, 9.17) is 4.74 Å². The van der Waals surface area contributed by atoms with Gasteiger partial charge in [0.05, 0.1) is 16.5 Å². The molecule has 0 saturated carbocycles. The van der Waals surface area contributed by atoms with Gasteiger partial charge in [0.2, 0.25) is 0 Å². The zero-order valence-corrected chi connectivity index (χ0v) is 14.4. The summed E-state index contributed by atoms with van der Waals surface area (Å²) in [5.41, 5.74) is 2.41. The minimum absolute atomic E-state index is 0.214. The Labute approximate surface area is 137 Å². The van der Waals surface area contributed by atoms with E-state index in [0.29, 0.717) is 6.42 Å². The predicted octanol–water partition coefficient (Wildman–Crippen LogP) is 4.82. The Bertz CT molecular complexity index is 652. The molecule has 0 aliphatic heterocycles. The number of carbonyl (C=O) groups excluding carboxylic acids is 1. The number of rotatable bonds is 4. The number of ether oxygens (including phenoxy) is 1. The molecule has 21 heavy (non-hydrogen) atoms. The Morgan fingerprint density at radius 3 is 2.81 bits per heavy atom. The average molecular weight is 365 g/mol. The Morgan fingerprint density at radius 1 is 1.29 bits per heavy atom. The number of hydrogen-bond acceptors (Lipinski definition) is 3. The molecule has 1 aliphatic rings. The van der Waals surface area contributed by atoms with Crippen molar-refractivity contribution >= 4 is 33.0 Å². The average Bonchev–Trinajstić information content (AvgIpc) is 2.91. The summed E-state index contributed by atoms with van der Waals surface area (Å²) in [6.07, 6.45) is 5.23. The number of Topliss-reactive ketones (excluding diaryl/α,β-unsaturated/α-hetero) is 1. The maximum Gasteiger partial charge on any atom is 0.177 e. The van der Waals surface area contributed by atoms with Crippen molar-refractivity contribution in [2.45, 2.75) is 32.1 Å². The number of aryl methyl sites for hydroxylation is 2. The van der Waals surface area contributed by atoms with Gasteiger partial charge in [-0.15, -0.1) is 11.3 Å². The Morgan fingerprint density at radius 2 is 2.10 bits per heavy atom. The van der Waals surface area contributed by atoms with Gasteiger partial charge in [-0.05, 0) is 70.9 Å². The van der Waals surface area contributed by atoms with Gasteiger partial charge in [-0.3, -0.25) is 4.79 Å². The van der Waals surface area contributed by atoms with Gasteiger partial charge in [-0.25, -0.2) is 0 Å². The summed E-state index contributed by atoms with van der Waals surface area (Å²) in [5.74, 6) is 1.00. The SMILES string of the molecule is COc1ccc(CC(=O)c2cc3c(s2)CCCC3)cc1Br. The van der Waals surface area contributed by atoms with Gasteiger partial charge in [-0.2, -0.15) is 0 Å². The van der Waals surface area contributed by atoms with Crippen LogP contribution in [0.2, 0.25) is 0 Å². The molecule has 0 radical (unpaired) electrons. The zero-order valence-electron chi connectivity index (χ0n) is 11.9. The van der Waals surface area contributed by atoms with Crippen LogP contribution in [0.25, 0.3) is 0 Å². The molecule has 0 bridgehead atoms. The number of methoxy groups -OCH3 is 1. The van der Waals surface area contributed by atoms with Crippen LogP contribution < -0.4 is 4.74 Å². The molecule has 0 spiro atoms. The molecule has 0 atom stereocenters. The van der Waals surface area contributed by atoms with E-state index in [0.717, 1.165) is 33.5 Å². The van der Waals surface area contributed by atoms with E-state index in [2.05, 4.69) is 22.0 Å². The third-order valence-electron chi connectivity index (χ3n) is 3.85. The molecule has 4 heteroatoms. The fourth-order valence-electron chi connectivity index (χ4n) is 2.72. The van der Waals surface area contributed by atoms with Crippen molar-refractivity contribution in [2.24, 2.45) is 0 Å². The second kappa shape index (κ2) is 6.32. The van der Waals surface area contributed by atoms with Crippen molar-refractivity contribution in [1.29, 1.82) is 0 Å². The standard InChI is InChI=1S/C17H17BrO2S/c1-20-15-7-6-11(8-13(15)18)9-14(19)17-10-12-4-2-3-5-16(12)21-17/h6-8,10H,2-5,9H2,1H3. The molecular formula is C17H17BrO2S. The molecule has 1 aromatic heterocycles. The fourth-order valence-corrected chi connectivity index (χ4v) is 4.50. The first-order valence-corrected chi connectivity index (χ1v) is 8.75. The molecular weight excluding hydrogens is 348 g/mol. The summed E-state index contributed by atoms with van der Waals surface area (Å²) in [6.45, 7) is 0. The van der Waals surface area contributed by atoms with E-state index in [1.54, 1.807) is 18.4 Å². The van der Waals surface area contributed by atoms with Crippen LogP contribution >= 0.6 is 27.3 Å². The minimum Gasteiger partial charge on any atom is -0.496 e. The van der Waals surface area contributed by atoms with Gasteiger partial charge in [0.1, 0.15) is 5.75 Å². The molecule has 0 N–H and O–H groups in total. The highest BCUT2D eigenvalue weighted by Gasteiger charge is 2.17. The number of halogens is 1. The van der Waals surface area contributed by atoms with Crippen LogP contribution in [0.15, 0.2) is 28.7 Å². The molecule has 1 heterocycles. The molecule has 0 saturated heterocycles. The van der Waals surface area contributed by atoms with E-state index >= 15 is 0 Å². The third kappa shape index (κ3) is 3.22. The highest BCUT2D eigenvalue weighted by molar-refractivity contribution is 9.10. The quantitative estimate of drug-likeness (QED) is 0.726. The van der Waals surface area contributed by atoms with Crippen molar-refractivity contribution in [1.82, 2.24) is 0 Å². The van der Waals surface area contributed by atoms with Crippen molar-refractivity contribution < 1.29 is 9.53 Å². The molecule has 3 rings (SSSR count). The summed E-state index contributed by atoms with van der Waals surface area (Å²) in [6, 6.07) is 7.92. The van der Waals surface area contributed by atoms with Crippen molar-refractivity contribution in [3.8, 4) is 5.75 Å². The number of hydrogen-bond donors (Lipinski definition) is 0. The van der Waals surface area contributed by atoms with Crippen molar-refractivity contribution in [2.75, 3.05) is 7.11 Å². The number of benzene rings is 1. The van der Waals surface area contributed by atoms with Gasteiger partial charge in [-0.1, -0.05) is 6.07 Å². The summed E-state index contributed by atoms with van der Waals surface area (Å²) >= 11 is 5.15. The lowest BCUT2D eigenvalue weighted by atomic mass is 9.98. The zero-order chi connectivity index (χ0) is 14.8. The fraction of sp³-hybridized carbons (Fsp3) is 0.353. The van der Waals surface area contributed by atoms with Crippen LogP contribution in [-0.4, -0.2) is 12.9 Å². The van der Waals surface area contributed by atoms with Crippen LogP contribution in [0.3, 0.4) is 0 Å². The molecule has 0 fully saturated rings. The highest BCUT2D eigenvalue weighted by Crippen LogP contribution is 2.31. The summed E-state index contributed by atoms with van der Waals surface area (Å²) in [5, 5.41) is 0.